The summed E-state index contributed by atoms with van der Waals surface area (Å²) in [5.74, 6) is 1.20. The molecule has 0 N–H and O–H groups in total. The van der Waals surface area contributed by atoms with Gasteiger partial charge in [-0.15, -0.1) is 0 Å². The van der Waals surface area contributed by atoms with Crippen LogP contribution in [-0.2, 0) is 4.79 Å². The summed E-state index contributed by atoms with van der Waals surface area (Å²) in [5, 5.41) is 0. The van der Waals surface area contributed by atoms with E-state index >= 15 is 0 Å². The molecule has 1 amide bonds. The molecular formula is C26H25N3O2. The summed E-state index contributed by atoms with van der Waals surface area (Å²) in [6.45, 7) is 2.04. The van der Waals surface area contributed by atoms with Crippen molar-refractivity contribution in [3.8, 4) is 5.75 Å². The third kappa shape index (κ3) is 4.21. The van der Waals surface area contributed by atoms with Gasteiger partial charge in [0.25, 0.3) is 5.91 Å². The van der Waals surface area contributed by atoms with E-state index in [1.54, 1.807) is 12.0 Å². The van der Waals surface area contributed by atoms with Crippen LogP contribution in [0.2, 0.25) is 0 Å². The Kier molecular flexibility index (Phi) is 5.58. The third-order valence-corrected chi connectivity index (χ3v) is 5.21. The number of amides is 1. The van der Waals surface area contributed by atoms with E-state index in [4.69, 9.17) is 9.73 Å². The van der Waals surface area contributed by atoms with Crippen LogP contribution in [0.3, 0.4) is 0 Å². The molecule has 1 aliphatic heterocycles. The van der Waals surface area contributed by atoms with Crippen LogP contribution in [0.25, 0.3) is 6.08 Å². The van der Waals surface area contributed by atoms with Crippen LogP contribution in [0.1, 0.15) is 16.7 Å². The number of methoxy groups -OCH3 is 1. The van der Waals surface area contributed by atoms with E-state index in [0.717, 1.165) is 33.8 Å². The van der Waals surface area contributed by atoms with E-state index in [1.165, 1.54) is 0 Å². The summed E-state index contributed by atoms with van der Waals surface area (Å²) < 4.78 is 5.26. The molecule has 0 radical (unpaired) electrons. The lowest BCUT2D eigenvalue weighted by Crippen LogP contribution is -2.32. The van der Waals surface area contributed by atoms with Crippen LogP contribution in [0.4, 0.5) is 11.4 Å². The first-order valence-corrected chi connectivity index (χ1v) is 10.1. The monoisotopic (exact) mass is 411 g/mol. The van der Waals surface area contributed by atoms with E-state index in [9.17, 15) is 4.79 Å². The van der Waals surface area contributed by atoms with Crippen LogP contribution < -0.4 is 14.5 Å². The molecular weight excluding hydrogens is 386 g/mol. The van der Waals surface area contributed by atoms with Crippen molar-refractivity contribution in [2.24, 2.45) is 4.99 Å². The first-order chi connectivity index (χ1) is 15.0. The topological polar surface area (TPSA) is 45.1 Å². The Balaban J connectivity index is 1.76. The molecule has 0 bridgehead atoms. The van der Waals surface area contributed by atoms with E-state index in [1.807, 2.05) is 105 Å². The van der Waals surface area contributed by atoms with E-state index in [-0.39, 0.29) is 5.91 Å². The van der Waals surface area contributed by atoms with E-state index in [2.05, 4.69) is 0 Å². The Labute approximate surface area is 182 Å². The lowest BCUT2D eigenvalue weighted by molar-refractivity contribution is -0.113. The lowest BCUT2D eigenvalue weighted by Gasteiger charge is -2.19. The second-order valence-corrected chi connectivity index (χ2v) is 7.66. The highest BCUT2D eigenvalue weighted by Crippen LogP contribution is 2.29. The number of anilines is 2. The van der Waals surface area contributed by atoms with Gasteiger partial charge in [0.05, 0.1) is 12.8 Å². The predicted molar refractivity (Wildman–Crippen MR) is 127 cm³/mol. The van der Waals surface area contributed by atoms with Gasteiger partial charge in [-0.1, -0.05) is 42.0 Å². The van der Waals surface area contributed by atoms with Crippen LogP contribution in [0.15, 0.2) is 83.5 Å². The minimum absolute atomic E-state index is 0.155. The number of hydrogen-bond donors (Lipinski definition) is 0. The third-order valence-electron chi connectivity index (χ3n) is 5.21. The van der Waals surface area contributed by atoms with Crippen molar-refractivity contribution in [3.05, 3.63) is 95.2 Å². The highest BCUT2D eigenvalue weighted by molar-refractivity contribution is 6.33. The van der Waals surface area contributed by atoms with Gasteiger partial charge in [0, 0.05) is 25.3 Å². The van der Waals surface area contributed by atoms with Gasteiger partial charge in [-0.05, 0) is 55.0 Å². The number of aryl methyl sites for hydroxylation is 1. The maximum Gasteiger partial charge on any atom is 0.282 e. The highest BCUT2D eigenvalue weighted by atomic mass is 16.5. The number of ether oxygens (including phenoxy) is 1. The minimum atomic E-state index is -0.155. The first-order valence-electron chi connectivity index (χ1n) is 10.1. The molecule has 0 atom stereocenters. The molecule has 0 aromatic heterocycles. The van der Waals surface area contributed by atoms with Gasteiger partial charge in [-0.25, -0.2) is 4.99 Å². The zero-order chi connectivity index (χ0) is 22.0. The molecule has 0 spiro atoms. The molecule has 0 unspecified atom stereocenters. The van der Waals surface area contributed by atoms with Gasteiger partial charge in [0.15, 0.2) is 0 Å². The molecule has 0 saturated carbocycles. The fraction of sp³-hybridized carbons (Fsp3) is 0.154. The Morgan fingerprint density at radius 2 is 1.55 bits per heavy atom. The summed E-state index contributed by atoms with van der Waals surface area (Å²) >= 11 is 0. The number of carbonyl (C=O) groups is 1. The molecule has 0 saturated heterocycles. The second-order valence-electron chi connectivity index (χ2n) is 7.66. The van der Waals surface area contributed by atoms with Crippen molar-refractivity contribution in [3.63, 3.8) is 0 Å². The summed E-state index contributed by atoms with van der Waals surface area (Å²) in [6.07, 6.45) is 1.83. The average molecular weight is 412 g/mol. The molecule has 5 nitrogen and oxygen atoms in total. The van der Waals surface area contributed by atoms with Crippen molar-refractivity contribution in [1.29, 1.82) is 0 Å². The molecule has 0 aliphatic carbocycles. The molecule has 5 heteroatoms. The molecule has 3 aromatic rings. The van der Waals surface area contributed by atoms with Gasteiger partial charge in [-0.3, -0.25) is 9.69 Å². The Morgan fingerprint density at radius 3 is 2.13 bits per heavy atom. The normalized spacial score (nSPS) is 14.7. The summed E-state index contributed by atoms with van der Waals surface area (Å²) in [6, 6.07) is 23.5. The summed E-state index contributed by atoms with van der Waals surface area (Å²) in [4.78, 5) is 21.8. The van der Waals surface area contributed by atoms with E-state index < -0.39 is 0 Å². The molecule has 1 aliphatic rings. The molecule has 156 valence electrons. The Bertz CT molecular complexity index is 1140. The van der Waals surface area contributed by atoms with Crippen molar-refractivity contribution < 1.29 is 9.53 Å². The average Bonchev–Trinajstić information content (AvgIpc) is 3.10. The highest BCUT2D eigenvalue weighted by Gasteiger charge is 2.32. The molecule has 3 aromatic carbocycles. The maximum absolute atomic E-state index is 13.4. The summed E-state index contributed by atoms with van der Waals surface area (Å²) in [7, 11) is 5.62. The maximum atomic E-state index is 13.4. The van der Waals surface area contributed by atoms with Crippen LogP contribution in [0.5, 0.6) is 5.75 Å². The van der Waals surface area contributed by atoms with Crippen molar-refractivity contribution in [2.45, 2.75) is 6.92 Å². The second kappa shape index (κ2) is 8.48. The quantitative estimate of drug-likeness (QED) is 0.561. The number of hydrogen-bond acceptors (Lipinski definition) is 4. The Morgan fingerprint density at radius 1 is 0.903 bits per heavy atom. The van der Waals surface area contributed by atoms with Gasteiger partial charge >= 0.3 is 0 Å². The van der Waals surface area contributed by atoms with Crippen molar-refractivity contribution in [2.75, 3.05) is 31.0 Å². The van der Waals surface area contributed by atoms with Gasteiger partial charge in [0.1, 0.15) is 17.3 Å². The molecule has 4 rings (SSSR count). The standard InChI is InChI=1S/C26H25N3O2/c1-18-5-9-20(10-6-18)25-27-24(17-19-7-11-21(12-8-19)28(2)3)26(30)29(25)22-13-15-23(31-4)16-14-22/h5-17H,1-4H3/b24-17+. The number of rotatable bonds is 5. The summed E-state index contributed by atoms with van der Waals surface area (Å²) in [5.41, 5.74) is 5.23. The van der Waals surface area contributed by atoms with Gasteiger partial charge < -0.3 is 9.64 Å². The SMILES string of the molecule is COc1ccc(N2C(=O)/C(=C\c3ccc(N(C)C)cc3)N=C2c2ccc(C)cc2)cc1. The zero-order valence-corrected chi connectivity index (χ0v) is 18.2. The van der Waals surface area contributed by atoms with Crippen LogP contribution in [-0.4, -0.2) is 32.9 Å². The molecule has 1 heterocycles. The van der Waals surface area contributed by atoms with Gasteiger partial charge in [0.2, 0.25) is 0 Å². The zero-order valence-electron chi connectivity index (χ0n) is 18.2. The number of amidine groups is 1. The molecule has 0 fully saturated rings. The fourth-order valence-corrected chi connectivity index (χ4v) is 3.41. The molecule has 31 heavy (non-hydrogen) atoms. The van der Waals surface area contributed by atoms with Gasteiger partial charge in [-0.2, -0.15) is 0 Å². The number of aliphatic imine (C=N–C) groups is 1. The number of benzene rings is 3. The first kappa shape index (κ1) is 20.4. The largest absolute Gasteiger partial charge is 0.497 e. The predicted octanol–water partition coefficient (Wildman–Crippen LogP) is 4.90. The number of nitrogens with zero attached hydrogens (tertiary/aromatic N) is 3. The van der Waals surface area contributed by atoms with Crippen molar-refractivity contribution >= 4 is 29.2 Å². The smallest absolute Gasteiger partial charge is 0.282 e. The van der Waals surface area contributed by atoms with Crippen molar-refractivity contribution in [1.82, 2.24) is 0 Å². The van der Waals surface area contributed by atoms with Crippen LogP contribution >= 0.6 is 0 Å². The van der Waals surface area contributed by atoms with E-state index in [0.29, 0.717) is 11.5 Å². The fourth-order valence-electron chi connectivity index (χ4n) is 3.41. The van der Waals surface area contributed by atoms with Crippen LogP contribution in [0, 0.1) is 6.92 Å². The minimum Gasteiger partial charge on any atom is -0.497 e. The lowest BCUT2D eigenvalue weighted by atomic mass is 10.1. The Hall–Kier alpha value is -3.86. The number of carbonyl (C=O) groups excluding carboxylic acids is 1.